The molecule has 2 rings (SSSR count). The van der Waals surface area contributed by atoms with Crippen LogP contribution in [0.5, 0.6) is 11.5 Å². The third-order valence-corrected chi connectivity index (χ3v) is 3.83. The molecule has 0 saturated heterocycles. The average Bonchev–Trinajstić information content (AvgIpc) is 2.46. The van der Waals surface area contributed by atoms with Gasteiger partial charge in [-0.1, -0.05) is 6.07 Å². The maximum Gasteiger partial charge on any atom is 0.125 e. The summed E-state index contributed by atoms with van der Waals surface area (Å²) in [6.45, 7) is 2.49. The molecule has 112 valence electrons. The van der Waals surface area contributed by atoms with E-state index in [0.29, 0.717) is 6.61 Å². The molecule has 0 bridgehead atoms. The fourth-order valence-corrected chi connectivity index (χ4v) is 2.49. The van der Waals surface area contributed by atoms with Gasteiger partial charge >= 0.3 is 0 Å². The molecular formula is C17H20INO2. The minimum absolute atomic E-state index is 0.142. The quantitative estimate of drug-likeness (QED) is 0.755. The molecule has 0 aliphatic carbocycles. The van der Waals surface area contributed by atoms with Gasteiger partial charge in [-0.2, -0.15) is 0 Å². The van der Waals surface area contributed by atoms with Crippen LogP contribution in [0.15, 0.2) is 42.5 Å². The maximum atomic E-state index is 5.86. The van der Waals surface area contributed by atoms with E-state index in [1.54, 1.807) is 7.11 Å². The van der Waals surface area contributed by atoms with E-state index in [2.05, 4.69) is 34.7 Å². The van der Waals surface area contributed by atoms with Gasteiger partial charge in [0, 0.05) is 15.2 Å². The van der Waals surface area contributed by atoms with Gasteiger partial charge in [-0.05, 0) is 77.9 Å². The molecule has 0 heterocycles. The van der Waals surface area contributed by atoms with E-state index in [1.165, 1.54) is 9.13 Å². The van der Waals surface area contributed by atoms with Crippen LogP contribution in [0.4, 0.5) is 0 Å². The summed E-state index contributed by atoms with van der Waals surface area (Å²) in [6.07, 6.45) is 0.848. The van der Waals surface area contributed by atoms with Crippen molar-refractivity contribution in [1.82, 2.24) is 0 Å². The van der Waals surface area contributed by atoms with Gasteiger partial charge in [0.1, 0.15) is 18.1 Å². The smallest absolute Gasteiger partial charge is 0.125 e. The summed E-state index contributed by atoms with van der Waals surface area (Å²) in [4.78, 5) is 0. The molecule has 2 aromatic rings. The molecule has 3 nitrogen and oxygen atoms in total. The lowest BCUT2D eigenvalue weighted by atomic mass is 10.0. The van der Waals surface area contributed by atoms with Gasteiger partial charge in [0.25, 0.3) is 0 Å². The Morgan fingerprint density at radius 2 is 1.86 bits per heavy atom. The van der Waals surface area contributed by atoms with Crippen molar-refractivity contribution in [3.05, 3.63) is 57.2 Å². The predicted molar refractivity (Wildman–Crippen MR) is 93.8 cm³/mol. The van der Waals surface area contributed by atoms with Crippen molar-refractivity contribution >= 4 is 22.6 Å². The summed E-state index contributed by atoms with van der Waals surface area (Å²) in [7, 11) is 1.68. The Morgan fingerprint density at radius 3 is 2.48 bits per heavy atom. The molecule has 1 atom stereocenters. The predicted octanol–water partition coefficient (Wildman–Crippen LogP) is 3.77. The molecule has 0 spiro atoms. The van der Waals surface area contributed by atoms with Crippen molar-refractivity contribution < 1.29 is 9.47 Å². The van der Waals surface area contributed by atoms with E-state index in [9.17, 15) is 0 Å². The van der Waals surface area contributed by atoms with Crippen molar-refractivity contribution in [2.75, 3.05) is 7.11 Å². The molecule has 0 amide bonds. The molecule has 2 aromatic carbocycles. The summed E-state index contributed by atoms with van der Waals surface area (Å²) in [5.41, 5.74) is 8.10. The van der Waals surface area contributed by atoms with E-state index < -0.39 is 0 Å². The first kappa shape index (κ1) is 16.1. The topological polar surface area (TPSA) is 44.5 Å². The first-order valence-corrected chi connectivity index (χ1v) is 7.96. The van der Waals surface area contributed by atoms with Gasteiger partial charge in [-0.25, -0.2) is 0 Å². The fraction of sp³-hybridized carbons (Fsp3) is 0.294. The van der Waals surface area contributed by atoms with Crippen LogP contribution >= 0.6 is 22.6 Å². The molecule has 0 saturated carbocycles. The van der Waals surface area contributed by atoms with Crippen LogP contribution in [0.25, 0.3) is 0 Å². The molecule has 0 radical (unpaired) electrons. The summed E-state index contributed by atoms with van der Waals surface area (Å²) < 4.78 is 12.4. The lowest BCUT2D eigenvalue weighted by Gasteiger charge is -2.13. The Kier molecular flexibility index (Phi) is 5.87. The highest BCUT2D eigenvalue weighted by molar-refractivity contribution is 14.1. The maximum absolute atomic E-state index is 5.86. The van der Waals surface area contributed by atoms with Crippen LogP contribution in [0.1, 0.15) is 18.1 Å². The van der Waals surface area contributed by atoms with Gasteiger partial charge in [-0.3, -0.25) is 0 Å². The van der Waals surface area contributed by atoms with Crippen molar-refractivity contribution in [3.63, 3.8) is 0 Å². The number of benzene rings is 2. The van der Waals surface area contributed by atoms with Crippen LogP contribution in [0.3, 0.4) is 0 Å². The van der Waals surface area contributed by atoms with Crippen molar-refractivity contribution in [2.45, 2.75) is 26.0 Å². The minimum atomic E-state index is 0.142. The summed E-state index contributed by atoms with van der Waals surface area (Å²) in [5, 5.41) is 0. The fourth-order valence-electron chi connectivity index (χ4n) is 2.14. The zero-order valence-corrected chi connectivity index (χ0v) is 14.5. The molecule has 2 N–H and O–H groups in total. The third-order valence-electron chi connectivity index (χ3n) is 3.11. The Balaban J connectivity index is 2.11. The molecule has 21 heavy (non-hydrogen) atoms. The zero-order chi connectivity index (χ0) is 15.2. The SMILES string of the molecule is COc1ccc(CC(C)N)cc1COc1ccc(I)cc1. The van der Waals surface area contributed by atoms with Crippen molar-refractivity contribution in [1.29, 1.82) is 0 Å². The number of hydrogen-bond acceptors (Lipinski definition) is 3. The molecule has 0 aliphatic rings. The first-order valence-electron chi connectivity index (χ1n) is 6.88. The highest BCUT2D eigenvalue weighted by Gasteiger charge is 2.07. The second-order valence-corrected chi connectivity index (χ2v) is 6.32. The molecular weight excluding hydrogens is 377 g/mol. The summed E-state index contributed by atoms with van der Waals surface area (Å²) in [5.74, 6) is 1.70. The first-order chi connectivity index (χ1) is 10.1. The van der Waals surface area contributed by atoms with Gasteiger partial charge < -0.3 is 15.2 Å². The second kappa shape index (κ2) is 7.66. The molecule has 0 fully saturated rings. The van der Waals surface area contributed by atoms with Crippen molar-refractivity contribution in [3.8, 4) is 11.5 Å². The number of rotatable bonds is 6. The Labute approximate surface area is 139 Å². The van der Waals surface area contributed by atoms with Gasteiger partial charge in [0.2, 0.25) is 0 Å². The molecule has 0 aliphatic heterocycles. The summed E-state index contributed by atoms with van der Waals surface area (Å²) in [6, 6.07) is 14.3. The zero-order valence-electron chi connectivity index (χ0n) is 12.3. The lowest BCUT2D eigenvalue weighted by molar-refractivity contribution is 0.296. The number of methoxy groups -OCH3 is 1. The number of nitrogens with two attached hydrogens (primary N) is 1. The Morgan fingerprint density at radius 1 is 1.14 bits per heavy atom. The van der Waals surface area contributed by atoms with Crippen molar-refractivity contribution in [2.24, 2.45) is 5.73 Å². The standard InChI is InChI=1S/C17H20INO2/c1-12(19)9-13-3-8-17(20-2)14(10-13)11-21-16-6-4-15(18)5-7-16/h3-8,10,12H,9,11,19H2,1-2H3. The monoisotopic (exact) mass is 397 g/mol. The van der Waals surface area contributed by atoms with E-state index in [4.69, 9.17) is 15.2 Å². The third kappa shape index (κ3) is 4.89. The number of ether oxygens (including phenoxy) is 2. The van der Waals surface area contributed by atoms with E-state index in [1.807, 2.05) is 37.3 Å². The van der Waals surface area contributed by atoms with Crippen LogP contribution in [0, 0.1) is 3.57 Å². The van der Waals surface area contributed by atoms with Crippen LogP contribution in [0.2, 0.25) is 0 Å². The molecule has 0 aromatic heterocycles. The average molecular weight is 397 g/mol. The highest BCUT2D eigenvalue weighted by Crippen LogP contribution is 2.23. The van der Waals surface area contributed by atoms with E-state index >= 15 is 0 Å². The van der Waals surface area contributed by atoms with E-state index in [0.717, 1.165) is 23.5 Å². The normalized spacial score (nSPS) is 12.0. The van der Waals surface area contributed by atoms with Gasteiger partial charge in [0.15, 0.2) is 0 Å². The van der Waals surface area contributed by atoms with Gasteiger partial charge in [0.05, 0.1) is 7.11 Å². The van der Waals surface area contributed by atoms with Crippen LogP contribution < -0.4 is 15.2 Å². The number of halogens is 1. The van der Waals surface area contributed by atoms with Crippen LogP contribution in [-0.4, -0.2) is 13.2 Å². The lowest BCUT2D eigenvalue weighted by Crippen LogP contribution is -2.17. The van der Waals surface area contributed by atoms with Crippen LogP contribution in [-0.2, 0) is 13.0 Å². The molecule has 1 unspecified atom stereocenters. The highest BCUT2D eigenvalue weighted by atomic mass is 127. The Bertz CT molecular complexity index is 582. The molecule has 4 heteroatoms. The second-order valence-electron chi connectivity index (χ2n) is 5.07. The minimum Gasteiger partial charge on any atom is -0.496 e. The van der Waals surface area contributed by atoms with Gasteiger partial charge in [-0.15, -0.1) is 0 Å². The Hall–Kier alpha value is -1.27. The summed E-state index contributed by atoms with van der Waals surface area (Å²) >= 11 is 2.28. The number of hydrogen-bond donors (Lipinski definition) is 1. The largest absolute Gasteiger partial charge is 0.496 e. The van der Waals surface area contributed by atoms with E-state index in [-0.39, 0.29) is 6.04 Å².